The van der Waals surface area contributed by atoms with Gasteiger partial charge in [-0.2, -0.15) is 0 Å². The molecule has 1 amide bonds. The summed E-state index contributed by atoms with van der Waals surface area (Å²) in [6, 6.07) is 32.7. The minimum absolute atomic E-state index is 0.0188. The molecule has 3 aromatic carbocycles. The number of carbonyl (C=O) groups is 1. The molecule has 39 heavy (non-hydrogen) atoms. The van der Waals surface area contributed by atoms with Crippen LogP contribution >= 0.6 is 0 Å². The number of hydrogen-bond acceptors (Lipinski definition) is 5. The van der Waals surface area contributed by atoms with Crippen LogP contribution in [0.1, 0.15) is 28.7 Å². The van der Waals surface area contributed by atoms with Gasteiger partial charge in [0.1, 0.15) is 11.5 Å². The SMILES string of the molecule is O=C(/C=C/c1ccc(CNS(=O)(=O)c2ccccc2)o1)N1CCN(C(c2ccccc2)c2ccccc2)CC1. The van der Waals surface area contributed by atoms with Gasteiger partial charge in [-0.3, -0.25) is 9.69 Å². The normalized spacial score (nSPS) is 14.7. The molecule has 4 aromatic rings. The predicted octanol–water partition coefficient (Wildman–Crippen LogP) is 4.71. The average Bonchev–Trinajstić information content (AvgIpc) is 3.45. The van der Waals surface area contributed by atoms with E-state index < -0.39 is 10.0 Å². The van der Waals surface area contributed by atoms with Gasteiger partial charge in [0.25, 0.3) is 0 Å². The van der Waals surface area contributed by atoms with E-state index in [4.69, 9.17) is 4.42 Å². The Kier molecular flexibility index (Phi) is 8.36. The monoisotopic (exact) mass is 541 g/mol. The van der Waals surface area contributed by atoms with E-state index >= 15 is 0 Å². The van der Waals surface area contributed by atoms with E-state index in [0.29, 0.717) is 24.6 Å². The number of benzene rings is 3. The highest BCUT2D eigenvalue weighted by Crippen LogP contribution is 2.29. The maximum atomic E-state index is 12.9. The van der Waals surface area contributed by atoms with Gasteiger partial charge in [0, 0.05) is 32.3 Å². The van der Waals surface area contributed by atoms with E-state index in [1.165, 1.54) is 29.3 Å². The van der Waals surface area contributed by atoms with Crippen LogP contribution in [0.4, 0.5) is 0 Å². The number of nitrogens with one attached hydrogen (secondary N) is 1. The third-order valence-electron chi connectivity index (χ3n) is 6.78. The molecule has 1 N–H and O–H groups in total. The summed E-state index contributed by atoms with van der Waals surface area (Å²) in [5.74, 6) is 0.876. The van der Waals surface area contributed by atoms with Crippen LogP contribution in [0.25, 0.3) is 6.08 Å². The first-order valence-electron chi connectivity index (χ1n) is 12.9. The zero-order valence-corrected chi connectivity index (χ0v) is 22.3. The molecule has 200 valence electrons. The first kappa shape index (κ1) is 26.6. The molecule has 0 saturated carbocycles. The van der Waals surface area contributed by atoms with Crippen molar-refractivity contribution >= 4 is 22.0 Å². The lowest BCUT2D eigenvalue weighted by molar-refractivity contribution is -0.127. The number of carbonyl (C=O) groups excluding carboxylic acids is 1. The summed E-state index contributed by atoms with van der Waals surface area (Å²) in [7, 11) is -3.63. The summed E-state index contributed by atoms with van der Waals surface area (Å²) in [5, 5.41) is 0. The molecule has 8 heteroatoms. The Morgan fingerprint density at radius 2 is 1.36 bits per heavy atom. The number of amides is 1. The molecule has 0 unspecified atom stereocenters. The number of rotatable bonds is 9. The van der Waals surface area contributed by atoms with E-state index in [1.807, 2.05) is 17.0 Å². The second-order valence-electron chi connectivity index (χ2n) is 9.36. The number of hydrogen-bond donors (Lipinski definition) is 1. The van der Waals surface area contributed by atoms with Crippen molar-refractivity contribution in [2.24, 2.45) is 0 Å². The highest BCUT2D eigenvalue weighted by molar-refractivity contribution is 7.89. The lowest BCUT2D eigenvalue weighted by Crippen LogP contribution is -2.49. The Morgan fingerprint density at radius 3 is 1.95 bits per heavy atom. The molecule has 1 aliphatic heterocycles. The Bertz CT molecular complexity index is 1460. The summed E-state index contributed by atoms with van der Waals surface area (Å²) in [6.45, 7) is 2.81. The van der Waals surface area contributed by atoms with Crippen molar-refractivity contribution in [2.75, 3.05) is 26.2 Å². The van der Waals surface area contributed by atoms with Gasteiger partial charge in [0.05, 0.1) is 17.5 Å². The van der Waals surface area contributed by atoms with Crippen LogP contribution < -0.4 is 4.72 Å². The number of furan rings is 1. The largest absolute Gasteiger partial charge is 0.460 e. The molecule has 5 rings (SSSR count). The van der Waals surface area contributed by atoms with E-state index in [1.54, 1.807) is 36.4 Å². The van der Waals surface area contributed by atoms with E-state index in [9.17, 15) is 13.2 Å². The minimum Gasteiger partial charge on any atom is -0.460 e. The van der Waals surface area contributed by atoms with Crippen molar-refractivity contribution in [1.29, 1.82) is 0 Å². The van der Waals surface area contributed by atoms with Crippen molar-refractivity contribution in [3.63, 3.8) is 0 Å². The van der Waals surface area contributed by atoms with Crippen molar-refractivity contribution in [1.82, 2.24) is 14.5 Å². The van der Waals surface area contributed by atoms with Gasteiger partial charge in [0.2, 0.25) is 15.9 Å². The number of sulfonamides is 1. The lowest BCUT2D eigenvalue weighted by Gasteiger charge is -2.39. The summed E-state index contributed by atoms with van der Waals surface area (Å²) < 4.78 is 33.1. The van der Waals surface area contributed by atoms with E-state index in [2.05, 4.69) is 58.2 Å². The highest BCUT2D eigenvalue weighted by atomic mass is 32.2. The first-order valence-corrected chi connectivity index (χ1v) is 14.4. The average molecular weight is 542 g/mol. The molecule has 1 saturated heterocycles. The van der Waals surface area contributed by atoms with Crippen LogP contribution in [-0.2, 0) is 21.4 Å². The molecule has 1 aliphatic rings. The van der Waals surface area contributed by atoms with Crippen LogP contribution in [0, 0.1) is 0 Å². The summed E-state index contributed by atoms with van der Waals surface area (Å²) in [6.07, 6.45) is 3.14. The lowest BCUT2D eigenvalue weighted by atomic mass is 9.96. The summed E-state index contributed by atoms with van der Waals surface area (Å²) in [5.41, 5.74) is 2.48. The summed E-state index contributed by atoms with van der Waals surface area (Å²) >= 11 is 0. The second kappa shape index (κ2) is 12.3. The quantitative estimate of drug-likeness (QED) is 0.311. The topological polar surface area (TPSA) is 82.9 Å². The predicted molar refractivity (Wildman–Crippen MR) is 151 cm³/mol. The van der Waals surface area contributed by atoms with Crippen LogP contribution in [0.5, 0.6) is 0 Å². The van der Waals surface area contributed by atoms with Gasteiger partial charge in [0.15, 0.2) is 0 Å². The van der Waals surface area contributed by atoms with Crippen LogP contribution in [0.3, 0.4) is 0 Å². The van der Waals surface area contributed by atoms with Gasteiger partial charge in [-0.15, -0.1) is 0 Å². The zero-order chi connectivity index (χ0) is 27.1. The molecule has 2 heterocycles. The fourth-order valence-corrected chi connectivity index (χ4v) is 5.79. The van der Waals surface area contributed by atoms with Gasteiger partial charge >= 0.3 is 0 Å². The van der Waals surface area contributed by atoms with Gasteiger partial charge < -0.3 is 9.32 Å². The number of piperazine rings is 1. The molecule has 7 nitrogen and oxygen atoms in total. The third kappa shape index (κ3) is 6.72. The van der Waals surface area contributed by atoms with Crippen molar-refractivity contribution in [3.8, 4) is 0 Å². The maximum absolute atomic E-state index is 12.9. The van der Waals surface area contributed by atoms with Gasteiger partial charge in [-0.05, 0) is 41.5 Å². The molecule has 1 fully saturated rings. The van der Waals surface area contributed by atoms with Crippen LogP contribution in [0.2, 0.25) is 0 Å². The second-order valence-corrected chi connectivity index (χ2v) is 11.1. The fraction of sp³-hybridized carbons (Fsp3) is 0.194. The highest BCUT2D eigenvalue weighted by Gasteiger charge is 2.27. The maximum Gasteiger partial charge on any atom is 0.246 e. The standard InChI is InChI=1S/C31H31N3O4S/c35-30(19-18-27-16-17-28(38-27)24-32-39(36,37)29-14-8-3-9-15-29)33-20-22-34(23-21-33)31(25-10-4-1-5-11-25)26-12-6-2-7-13-26/h1-19,31-32H,20-24H2/b19-18+. The Balaban J connectivity index is 1.16. The van der Waals surface area contributed by atoms with Crippen molar-refractivity contribution in [3.05, 3.63) is 132 Å². The zero-order valence-electron chi connectivity index (χ0n) is 21.5. The molecule has 0 bridgehead atoms. The van der Waals surface area contributed by atoms with Crippen molar-refractivity contribution < 1.29 is 17.6 Å². The van der Waals surface area contributed by atoms with Crippen molar-refractivity contribution in [2.45, 2.75) is 17.5 Å². The molecule has 0 radical (unpaired) electrons. The fourth-order valence-electron chi connectivity index (χ4n) is 4.77. The van der Waals surface area contributed by atoms with E-state index in [-0.39, 0.29) is 23.4 Å². The molecular formula is C31H31N3O4S. The Hall–Kier alpha value is -3.98. The molecule has 1 aromatic heterocycles. The smallest absolute Gasteiger partial charge is 0.246 e. The van der Waals surface area contributed by atoms with Gasteiger partial charge in [-0.25, -0.2) is 13.1 Å². The third-order valence-corrected chi connectivity index (χ3v) is 8.20. The first-order chi connectivity index (χ1) is 19.0. The minimum atomic E-state index is -3.63. The Labute approximate surface area is 229 Å². The molecule has 0 spiro atoms. The van der Waals surface area contributed by atoms with E-state index in [0.717, 1.165) is 13.1 Å². The Morgan fingerprint density at radius 1 is 0.795 bits per heavy atom. The molecule has 0 atom stereocenters. The van der Waals surface area contributed by atoms with Gasteiger partial charge in [-0.1, -0.05) is 78.9 Å². The summed E-state index contributed by atoms with van der Waals surface area (Å²) in [4.78, 5) is 17.4. The molecular weight excluding hydrogens is 510 g/mol. The van der Waals surface area contributed by atoms with Crippen LogP contribution in [-0.4, -0.2) is 50.3 Å². The van der Waals surface area contributed by atoms with Crippen LogP contribution in [0.15, 0.2) is 119 Å². The number of nitrogens with zero attached hydrogens (tertiary/aromatic N) is 2. The molecule has 0 aliphatic carbocycles.